The zero-order valence-corrected chi connectivity index (χ0v) is 38.1. The van der Waals surface area contributed by atoms with Crippen LogP contribution >= 0.6 is 0 Å². The third-order valence-corrected chi connectivity index (χ3v) is 11.8. The van der Waals surface area contributed by atoms with E-state index >= 15 is 0 Å². The first-order valence-electron chi connectivity index (χ1n) is 21.3. The molecule has 0 fully saturated rings. The van der Waals surface area contributed by atoms with Crippen LogP contribution in [-0.4, -0.2) is 9.55 Å². The van der Waals surface area contributed by atoms with Crippen LogP contribution in [0.3, 0.4) is 0 Å². The van der Waals surface area contributed by atoms with E-state index in [1.165, 1.54) is 40.1 Å². The zero-order valence-electron chi connectivity index (χ0n) is 35.8. The molecule has 0 aliphatic carbocycles. The summed E-state index contributed by atoms with van der Waals surface area (Å²) in [6.45, 7) is 13.3. The summed E-state index contributed by atoms with van der Waals surface area (Å²) in [4.78, 5) is 9.31. The number of benzene rings is 7. The van der Waals surface area contributed by atoms with Crippen molar-refractivity contribution in [3.05, 3.63) is 210 Å². The normalized spacial score (nSPS) is 12.4. The largest absolute Gasteiger partial charge is 0.509 e. The number of halogens is 1. The van der Waals surface area contributed by atoms with Gasteiger partial charge in [0.1, 0.15) is 11.6 Å². The predicted molar refractivity (Wildman–Crippen MR) is 252 cm³/mol. The van der Waals surface area contributed by atoms with Gasteiger partial charge in [0.05, 0.1) is 0 Å². The van der Waals surface area contributed by atoms with Gasteiger partial charge in [0, 0.05) is 61.3 Å². The maximum atomic E-state index is 14.0. The molecule has 0 atom stereocenters. The van der Waals surface area contributed by atoms with E-state index in [4.69, 9.17) is 9.72 Å². The SMILES string of the molecule is Cc1ccc2c(c1)N(c1c(C(C)C)cc(-c3ccc(F)cc3)cc1C(C)C)[CH-]N2c1[c-]c(Oc2[c-]c3c(cc2)c2ccccc2n3-c2ccccn2)cc(Cc2ccccc2)c1.[Pt]. The van der Waals surface area contributed by atoms with Crippen molar-refractivity contribution in [2.24, 2.45) is 0 Å². The molecule has 0 N–H and O–H groups in total. The number of hydrogen-bond acceptors (Lipinski definition) is 4. The summed E-state index contributed by atoms with van der Waals surface area (Å²) in [7, 11) is 0. The average Bonchev–Trinajstić information content (AvgIpc) is 3.82. The molecule has 0 unspecified atom stereocenters. The molecule has 10 rings (SSSR count). The Hall–Kier alpha value is -6.49. The molecule has 7 heteroatoms. The smallest absolute Gasteiger partial charge is 0.135 e. The van der Waals surface area contributed by atoms with Gasteiger partial charge in [-0.25, -0.2) is 9.37 Å². The van der Waals surface area contributed by atoms with E-state index in [0.717, 1.165) is 61.4 Å². The maximum Gasteiger partial charge on any atom is 0.135 e. The quantitative estimate of drug-likeness (QED) is 0.128. The molecule has 9 aromatic rings. The number of nitrogens with zero attached hydrogens (tertiary/aromatic N) is 4. The standard InChI is InChI=1S/C56H46FN4O.Pt/c1-36(2)49-31-42(41-19-21-43(57)22-20-41)32-50(37(3)4)56(49)60-35-59(52-25-18-38(5)27-54(52)60)44-29-40(28-39-13-7-6-8-14-39)30-46(33-44)62-45-23-24-48-47-15-9-10-16-51(47)61(53(48)34-45)55-17-11-12-26-58-55;/h6-27,29-32,35-37H,28H2,1-5H3;/q-3;. The van der Waals surface area contributed by atoms with Gasteiger partial charge in [0.25, 0.3) is 0 Å². The van der Waals surface area contributed by atoms with Crippen molar-refractivity contribution in [2.75, 3.05) is 9.80 Å². The van der Waals surface area contributed by atoms with Crippen LogP contribution in [0.5, 0.6) is 11.5 Å². The molecule has 7 aromatic carbocycles. The van der Waals surface area contributed by atoms with Crippen LogP contribution in [0.4, 0.5) is 27.1 Å². The first-order chi connectivity index (χ1) is 30.2. The van der Waals surface area contributed by atoms with Crippen LogP contribution in [0.25, 0.3) is 38.8 Å². The summed E-state index contributed by atoms with van der Waals surface area (Å²) < 4.78 is 23.0. The van der Waals surface area contributed by atoms with Crippen LogP contribution in [0.1, 0.15) is 67.3 Å². The number of aryl methyl sites for hydroxylation is 1. The summed E-state index contributed by atoms with van der Waals surface area (Å²) in [6, 6.07) is 58.6. The molecule has 316 valence electrons. The van der Waals surface area contributed by atoms with Crippen molar-refractivity contribution in [1.82, 2.24) is 9.55 Å². The number of rotatable bonds is 10. The molecule has 0 saturated carbocycles. The molecule has 5 nitrogen and oxygen atoms in total. The number of anilines is 4. The molecule has 2 aromatic heterocycles. The van der Waals surface area contributed by atoms with Gasteiger partial charge >= 0.3 is 0 Å². The number of hydrogen-bond donors (Lipinski definition) is 0. The van der Waals surface area contributed by atoms with Gasteiger partial charge in [-0.15, -0.1) is 53.6 Å². The van der Waals surface area contributed by atoms with E-state index in [0.29, 0.717) is 17.9 Å². The van der Waals surface area contributed by atoms with E-state index in [1.807, 2.05) is 48.7 Å². The molecular weight excluding hydrogens is 959 g/mol. The van der Waals surface area contributed by atoms with Crippen molar-refractivity contribution >= 4 is 44.6 Å². The number of fused-ring (bicyclic) bond motifs is 4. The Balaban J connectivity index is 0.00000504. The first-order valence-corrected chi connectivity index (χ1v) is 21.3. The average molecular weight is 1010 g/mol. The fourth-order valence-electron chi connectivity index (χ4n) is 8.77. The molecule has 1 aliphatic rings. The number of ether oxygens (including phenoxy) is 1. The predicted octanol–water partition coefficient (Wildman–Crippen LogP) is 14.9. The Morgan fingerprint density at radius 1 is 0.635 bits per heavy atom. The summed E-state index contributed by atoms with van der Waals surface area (Å²) in [6.07, 6.45) is 2.53. The van der Waals surface area contributed by atoms with E-state index in [-0.39, 0.29) is 38.7 Å². The fourth-order valence-corrected chi connectivity index (χ4v) is 8.77. The number of aromatic nitrogens is 2. The van der Waals surface area contributed by atoms with Crippen LogP contribution in [-0.2, 0) is 27.5 Å². The Kier molecular flexibility index (Phi) is 11.5. The molecule has 1 aliphatic heterocycles. The van der Waals surface area contributed by atoms with Crippen molar-refractivity contribution < 1.29 is 30.2 Å². The molecule has 0 bridgehead atoms. The van der Waals surface area contributed by atoms with E-state index < -0.39 is 0 Å². The molecular formula is C56H46FN4OPt-3. The third kappa shape index (κ3) is 8.05. The second-order valence-corrected chi connectivity index (χ2v) is 16.8. The van der Waals surface area contributed by atoms with E-state index in [2.05, 4.69) is 165 Å². The van der Waals surface area contributed by atoms with Crippen LogP contribution in [0.15, 0.2) is 158 Å². The molecule has 0 saturated heterocycles. The fraction of sp³-hybridized carbons (Fsp3) is 0.143. The minimum absolute atomic E-state index is 0. The number of para-hydroxylation sites is 1. The Bertz CT molecular complexity index is 3060. The molecule has 0 amide bonds. The molecule has 0 spiro atoms. The summed E-state index contributed by atoms with van der Waals surface area (Å²) >= 11 is 0. The summed E-state index contributed by atoms with van der Waals surface area (Å²) in [5.41, 5.74) is 14.1. The summed E-state index contributed by atoms with van der Waals surface area (Å²) in [5.74, 6) is 2.19. The van der Waals surface area contributed by atoms with E-state index in [1.54, 1.807) is 0 Å². The third-order valence-electron chi connectivity index (χ3n) is 11.8. The molecule has 3 heterocycles. The monoisotopic (exact) mass is 1000 g/mol. The van der Waals surface area contributed by atoms with E-state index in [9.17, 15) is 4.39 Å². The molecule has 0 radical (unpaired) electrons. The van der Waals surface area contributed by atoms with Gasteiger partial charge in [-0.2, -0.15) is 6.07 Å². The van der Waals surface area contributed by atoms with Crippen LogP contribution < -0.4 is 14.5 Å². The summed E-state index contributed by atoms with van der Waals surface area (Å²) in [5, 5.41) is 2.20. The molecule has 63 heavy (non-hydrogen) atoms. The zero-order chi connectivity index (χ0) is 42.5. The van der Waals surface area contributed by atoms with Crippen molar-refractivity contribution in [3.8, 4) is 28.4 Å². The van der Waals surface area contributed by atoms with Gasteiger partial charge in [-0.1, -0.05) is 106 Å². The second kappa shape index (κ2) is 17.3. The van der Waals surface area contributed by atoms with Crippen molar-refractivity contribution in [1.29, 1.82) is 0 Å². The Labute approximate surface area is 383 Å². The minimum Gasteiger partial charge on any atom is -0.509 e. The minimum atomic E-state index is -0.237. The van der Waals surface area contributed by atoms with Crippen molar-refractivity contribution in [2.45, 2.75) is 52.9 Å². The van der Waals surface area contributed by atoms with Gasteiger partial charge < -0.3 is 19.1 Å². The maximum absolute atomic E-state index is 14.0. The topological polar surface area (TPSA) is 33.5 Å². The second-order valence-electron chi connectivity index (χ2n) is 16.8. The first kappa shape index (κ1) is 41.8. The van der Waals surface area contributed by atoms with Gasteiger partial charge in [-0.3, -0.25) is 0 Å². The number of pyridine rings is 1. The Morgan fingerprint density at radius 3 is 2.10 bits per heavy atom. The van der Waals surface area contributed by atoms with Gasteiger partial charge in [0.15, 0.2) is 0 Å². The van der Waals surface area contributed by atoms with Crippen LogP contribution in [0, 0.1) is 31.5 Å². The Morgan fingerprint density at radius 2 is 1.37 bits per heavy atom. The van der Waals surface area contributed by atoms with Crippen molar-refractivity contribution in [3.63, 3.8) is 0 Å². The van der Waals surface area contributed by atoms with Gasteiger partial charge in [-0.05, 0) is 119 Å². The van der Waals surface area contributed by atoms with Crippen LogP contribution in [0.2, 0.25) is 0 Å². The van der Waals surface area contributed by atoms with Gasteiger partial charge in [0.2, 0.25) is 0 Å².